The molecule has 0 spiro atoms. The molecule has 0 aliphatic carbocycles. The first-order chi connectivity index (χ1) is 11.3. The van der Waals surface area contributed by atoms with E-state index in [-0.39, 0.29) is 11.3 Å². The Morgan fingerprint density at radius 1 is 1.21 bits per heavy atom. The van der Waals surface area contributed by atoms with Crippen LogP contribution in [0.4, 0.5) is 0 Å². The van der Waals surface area contributed by atoms with Crippen molar-refractivity contribution in [1.29, 1.82) is 0 Å². The van der Waals surface area contributed by atoms with Crippen molar-refractivity contribution in [3.63, 3.8) is 0 Å². The third-order valence-corrected chi connectivity index (χ3v) is 5.18. The van der Waals surface area contributed by atoms with Crippen LogP contribution >= 0.6 is 11.3 Å². The average molecular weight is 345 g/mol. The highest BCUT2D eigenvalue weighted by Gasteiger charge is 2.13. The van der Waals surface area contributed by atoms with Gasteiger partial charge < -0.3 is 5.32 Å². The maximum Gasteiger partial charge on any atom is 0.220 e. The molecule has 130 valence electrons. The molecule has 0 fully saturated rings. The first-order valence-electron chi connectivity index (χ1n) is 8.56. The predicted octanol–water partition coefficient (Wildman–Crippen LogP) is 4.81. The lowest BCUT2D eigenvalue weighted by atomic mass is 9.86. The molecule has 0 bridgehead atoms. The van der Waals surface area contributed by atoms with Crippen LogP contribution in [0.1, 0.15) is 68.8 Å². The molecule has 2 aromatic rings. The van der Waals surface area contributed by atoms with Gasteiger partial charge >= 0.3 is 0 Å². The van der Waals surface area contributed by atoms with E-state index in [2.05, 4.69) is 69.2 Å². The molecule has 0 aliphatic rings. The third kappa shape index (κ3) is 5.45. The highest BCUT2D eigenvalue weighted by atomic mass is 32.1. The van der Waals surface area contributed by atoms with Crippen LogP contribution in [0.25, 0.3) is 0 Å². The molecule has 0 atom stereocenters. The molecule has 1 aromatic carbocycles. The Labute approximate surface area is 149 Å². The molecule has 0 saturated heterocycles. The monoisotopic (exact) mass is 344 g/mol. The van der Waals surface area contributed by atoms with E-state index in [0.29, 0.717) is 18.9 Å². The van der Waals surface area contributed by atoms with Gasteiger partial charge in [0, 0.05) is 17.7 Å². The van der Waals surface area contributed by atoms with Crippen molar-refractivity contribution in [3.05, 3.63) is 51.5 Å². The van der Waals surface area contributed by atoms with Crippen LogP contribution in [0.2, 0.25) is 0 Å². The Bertz CT molecular complexity index is 666. The molecular weight excluding hydrogens is 316 g/mol. The van der Waals surface area contributed by atoms with Crippen LogP contribution in [-0.2, 0) is 23.2 Å². The van der Waals surface area contributed by atoms with E-state index in [1.807, 2.05) is 5.38 Å². The van der Waals surface area contributed by atoms with Gasteiger partial charge in [0.25, 0.3) is 0 Å². The molecule has 1 heterocycles. The number of hydrogen-bond acceptors (Lipinski definition) is 3. The van der Waals surface area contributed by atoms with E-state index in [1.54, 1.807) is 11.3 Å². The van der Waals surface area contributed by atoms with Gasteiger partial charge in [0.2, 0.25) is 5.91 Å². The van der Waals surface area contributed by atoms with Crippen LogP contribution in [0.15, 0.2) is 29.6 Å². The summed E-state index contributed by atoms with van der Waals surface area (Å²) in [6.07, 6.45) is 1.28. The minimum Gasteiger partial charge on any atom is -0.350 e. The van der Waals surface area contributed by atoms with Gasteiger partial charge in [-0.05, 0) is 23.0 Å². The van der Waals surface area contributed by atoms with Gasteiger partial charge in [-0.3, -0.25) is 4.79 Å². The lowest BCUT2D eigenvalue weighted by Crippen LogP contribution is -2.23. The van der Waals surface area contributed by atoms with Crippen molar-refractivity contribution in [1.82, 2.24) is 10.3 Å². The Balaban J connectivity index is 1.78. The molecule has 0 saturated carbocycles. The summed E-state index contributed by atoms with van der Waals surface area (Å²) in [7, 11) is 0. The van der Waals surface area contributed by atoms with Gasteiger partial charge in [-0.2, -0.15) is 0 Å². The second-order valence-electron chi connectivity index (χ2n) is 7.56. The minimum atomic E-state index is 0.0778. The van der Waals surface area contributed by atoms with E-state index in [0.717, 1.165) is 17.1 Å². The summed E-state index contributed by atoms with van der Waals surface area (Å²) in [5.41, 5.74) is 3.64. The van der Waals surface area contributed by atoms with Crippen molar-refractivity contribution < 1.29 is 4.79 Å². The van der Waals surface area contributed by atoms with Gasteiger partial charge in [0.1, 0.15) is 0 Å². The van der Waals surface area contributed by atoms with E-state index in [1.165, 1.54) is 11.1 Å². The Kier molecular flexibility index (Phi) is 6.16. The Hall–Kier alpha value is -1.68. The number of benzene rings is 1. The van der Waals surface area contributed by atoms with Crippen molar-refractivity contribution >= 4 is 17.2 Å². The third-order valence-electron chi connectivity index (χ3n) is 3.99. The molecule has 0 unspecified atom stereocenters. The molecule has 1 N–H and O–H groups in total. The average Bonchev–Trinajstić information content (AvgIpc) is 3.00. The smallest absolute Gasteiger partial charge is 0.220 e. The summed E-state index contributed by atoms with van der Waals surface area (Å²) in [4.78, 5) is 16.6. The molecule has 1 aromatic heterocycles. The lowest BCUT2D eigenvalue weighted by Gasteiger charge is -2.19. The van der Waals surface area contributed by atoms with Crippen molar-refractivity contribution in [2.45, 2.75) is 65.3 Å². The van der Waals surface area contributed by atoms with E-state index in [4.69, 9.17) is 0 Å². The van der Waals surface area contributed by atoms with Gasteiger partial charge in [0.05, 0.1) is 17.2 Å². The van der Waals surface area contributed by atoms with Crippen LogP contribution < -0.4 is 5.32 Å². The summed E-state index contributed by atoms with van der Waals surface area (Å²) in [5, 5.41) is 6.11. The number of carbonyl (C=O) groups excluding carboxylic acids is 1. The standard InChI is InChI=1S/C20H28N2OS/c1-14(2)19-22-17(13-24-19)12-21-18(23)11-8-15-6-9-16(10-7-15)20(3,4)5/h6-7,9-10,13-14H,8,11-12H2,1-5H3,(H,21,23). The molecular formula is C20H28N2OS. The maximum atomic E-state index is 12.0. The fraction of sp³-hybridized carbons (Fsp3) is 0.500. The topological polar surface area (TPSA) is 42.0 Å². The zero-order valence-electron chi connectivity index (χ0n) is 15.3. The lowest BCUT2D eigenvalue weighted by molar-refractivity contribution is -0.121. The second kappa shape index (κ2) is 7.93. The van der Waals surface area contributed by atoms with Crippen LogP contribution in [-0.4, -0.2) is 10.9 Å². The molecule has 0 aliphatic heterocycles. The molecule has 1 amide bonds. The molecule has 3 nitrogen and oxygen atoms in total. The number of carbonyl (C=O) groups is 1. The highest BCUT2D eigenvalue weighted by molar-refractivity contribution is 7.09. The largest absolute Gasteiger partial charge is 0.350 e. The van der Waals surface area contributed by atoms with E-state index in [9.17, 15) is 4.79 Å². The molecule has 4 heteroatoms. The normalized spacial score (nSPS) is 11.8. The van der Waals surface area contributed by atoms with E-state index < -0.39 is 0 Å². The van der Waals surface area contributed by atoms with Crippen molar-refractivity contribution in [3.8, 4) is 0 Å². The quantitative estimate of drug-likeness (QED) is 0.817. The number of hydrogen-bond donors (Lipinski definition) is 1. The number of thiazole rings is 1. The summed E-state index contributed by atoms with van der Waals surface area (Å²) in [6, 6.07) is 8.58. The number of amides is 1. The molecule has 24 heavy (non-hydrogen) atoms. The number of nitrogens with one attached hydrogen (secondary N) is 1. The number of aryl methyl sites for hydroxylation is 1. The van der Waals surface area contributed by atoms with E-state index >= 15 is 0 Å². The summed E-state index contributed by atoms with van der Waals surface area (Å²) in [5.74, 6) is 0.518. The van der Waals surface area contributed by atoms with Crippen LogP contribution in [0.3, 0.4) is 0 Å². The summed E-state index contributed by atoms with van der Waals surface area (Å²) in [6.45, 7) is 11.4. The Morgan fingerprint density at radius 3 is 2.42 bits per heavy atom. The maximum absolute atomic E-state index is 12.0. The first kappa shape index (κ1) is 18.7. The number of nitrogens with zero attached hydrogens (tertiary/aromatic N) is 1. The zero-order valence-corrected chi connectivity index (χ0v) is 16.2. The van der Waals surface area contributed by atoms with Crippen LogP contribution in [0, 0.1) is 0 Å². The number of aromatic nitrogens is 1. The van der Waals surface area contributed by atoms with Gasteiger partial charge in [0.15, 0.2) is 0 Å². The molecule has 2 rings (SSSR count). The van der Waals surface area contributed by atoms with Crippen molar-refractivity contribution in [2.75, 3.05) is 0 Å². The summed E-state index contributed by atoms with van der Waals surface area (Å²) >= 11 is 1.66. The minimum absolute atomic E-state index is 0.0778. The van der Waals surface area contributed by atoms with Crippen LogP contribution in [0.5, 0.6) is 0 Å². The van der Waals surface area contributed by atoms with Gasteiger partial charge in [-0.1, -0.05) is 58.9 Å². The highest BCUT2D eigenvalue weighted by Crippen LogP contribution is 2.22. The fourth-order valence-electron chi connectivity index (χ4n) is 2.38. The van der Waals surface area contributed by atoms with Gasteiger partial charge in [-0.15, -0.1) is 11.3 Å². The SMILES string of the molecule is CC(C)c1nc(CNC(=O)CCc2ccc(C(C)(C)C)cc2)cs1. The zero-order chi connectivity index (χ0) is 17.7. The summed E-state index contributed by atoms with van der Waals surface area (Å²) < 4.78 is 0. The van der Waals surface area contributed by atoms with Gasteiger partial charge in [-0.25, -0.2) is 4.98 Å². The second-order valence-corrected chi connectivity index (χ2v) is 8.45. The number of rotatable bonds is 6. The van der Waals surface area contributed by atoms with Crippen molar-refractivity contribution in [2.24, 2.45) is 0 Å². The Morgan fingerprint density at radius 2 is 1.88 bits per heavy atom. The predicted molar refractivity (Wildman–Crippen MR) is 102 cm³/mol. The fourth-order valence-corrected chi connectivity index (χ4v) is 3.21. The molecule has 0 radical (unpaired) electrons. The first-order valence-corrected chi connectivity index (χ1v) is 9.44.